The van der Waals surface area contributed by atoms with Gasteiger partial charge in [-0.1, -0.05) is 0 Å². The first-order chi connectivity index (χ1) is 6.36. The third-order valence-electron chi connectivity index (χ3n) is 1.47. The second-order valence-corrected chi connectivity index (χ2v) is 2.79. The summed E-state index contributed by atoms with van der Waals surface area (Å²) in [5.41, 5.74) is 0. The van der Waals surface area contributed by atoms with E-state index < -0.39 is 0 Å². The molecule has 0 aromatic carbocycles. The van der Waals surface area contributed by atoms with Crippen molar-refractivity contribution in [1.29, 1.82) is 0 Å². The molecule has 1 heterocycles. The molecular weight excluding hydrogens is 190 g/mol. The van der Waals surface area contributed by atoms with Gasteiger partial charge in [-0.2, -0.15) is 0 Å². The SMILES string of the molecule is COc1cc(NCCCCl)ncn1. The van der Waals surface area contributed by atoms with Crippen LogP contribution in [0.4, 0.5) is 5.82 Å². The van der Waals surface area contributed by atoms with E-state index >= 15 is 0 Å². The molecule has 13 heavy (non-hydrogen) atoms. The van der Waals surface area contributed by atoms with E-state index in [9.17, 15) is 0 Å². The summed E-state index contributed by atoms with van der Waals surface area (Å²) >= 11 is 5.53. The Morgan fingerprint density at radius 1 is 1.54 bits per heavy atom. The van der Waals surface area contributed by atoms with Crippen LogP contribution in [0, 0.1) is 0 Å². The summed E-state index contributed by atoms with van der Waals surface area (Å²) in [6.45, 7) is 0.809. The van der Waals surface area contributed by atoms with E-state index in [1.807, 2.05) is 0 Å². The van der Waals surface area contributed by atoms with Crippen LogP contribution < -0.4 is 10.1 Å². The maximum Gasteiger partial charge on any atom is 0.218 e. The maximum absolute atomic E-state index is 5.53. The molecule has 1 rings (SSSR count). The highest BCUT2D eigenvalue weighted by atomic mass is 35.5. The van der Waals surface area contributed by atoms with E-state index in [4.69, 9.17) is 16.3 Å². The van der Waals surface area contributed by atoms with Gasteiger partial charge in [0.15, 0.2) is 0 Å². The molecule has 0 saturated heterocycles. The summed E-state index contributed by atoms with van der Waals surface area (Å²) in [6.07, 6.45) is 2.37. The Hall–Kier alpha value is -1.03. The summed E-state index contributed by atoms with van der Waals surface area (Å²) in [6, 6.07) is 1.74. The molecule has 0 aliphatic heterocycles. The standard InChI is InChI=1S/C8H12ClN3O/c1-13-8-5-7(11-6-12-8)10-4-2-3-9/h5-6H,2-4H2,1H3,(H,10,11,12). The number of nitrogens with one attached hydrogen (secondary N) is 1. The number of methoxy groups -OCH3 is 1. The van der Waals surface area contributed by atoms with Gasteiger partial charge in [0.05, 0.1) is 7.11 Å². The highest BCUT2D eigenvalue weighted by Gasteiger charge is 1.96. The fourth-order valence-electron chi connectivity index (χ4n) is 0.831. The summed E-state index contributed by atoms with van der Waals surface area (Å²) in [5, 5.41) is 3.10. The summed E-state index contributed by atoms with van der Waals surface area (Å²) < 4.78 is 4.94. The Morgan fingerprint density at radius 2 is 2.38 bits per heavy atom. The van der Waals surface area contributed by atoms with E-state index in [0.717, 1.165) is 18.8 Å². The Morgan fingerprint density at radius 3 is 3.08 bits per heavy atom. The molecule has 0 fully saturated rings. The average Bonchev–Trinajstić information content (AvgIpc) is 2.19. The Kier molecular flexibility index (Phi) is 4.32. The lowest BCUT2D eigenvalue weighted by Gasteiger charge is -2.04. The second kappa shape index (κ2) is 5.59. The van der Waals surface area contributed by atoms with Crippen molar-refractivity contribution < 1.29 is 4.74 Å². The zero-order valence-electron chi connectivity index (χ0n) is 7.46. The zero-order valence-corrected chi connectivity index (χ0v) is 8.21. The molecule has 0 amide bonds. The molecule has 1 aromatic rings. The molecule has 5 heteroatoms. The fourth-order valence-corrected chi connectivity index (χ4v) is 0.965. The van der Waals surface area contributed by atoms with Crippen molar-refractivity contribution in [3.63, 3.8) is 0 Å². The predicted octanol–water partition coefficient (Wildman–Crippen LogP) is 1.53. The highest BCUT2D eigenvalue weighted by molar-refractivity contribution is 6.17. The number of halogens is 1. The molecule has 0 atom stereocenters. The summed E-state index contributed by atoms with van der Waals surface area (Å²) in [5.74, 6) is 1.97. The van der Waals surface area contributed by atoms with Crippen molar-refractivity contribution in [3.8, 4) is 5.88 Å². The minimum Gasteiger partial charge on any atom is -0.481 e. The number of nitrogens with zero attached hydrogens (tertiary/aromatic N) is 2. The van der Waals surface area contributed by atoms with Gasteiger partial charge in [0.2, 0.25) is 5.88 Å². The van der Waals surface area contributed by atoms with Gasteiger partial charge in [0.25, 0.3) is 0 Å². The topological polar surface area (TPSA) is 47.0 Å². The van der Waals surface area contributed by atoms with Crippen LogP contribution in [0.15, 0.2) is 12.4 Å². The molecule has 0 aliphatic carbocycles. The maximum atomic E-state index is 5.53. The quantitative estimate of drug-likeness (QED) is 0.580. The van der Waals surface area contributed by atoms with E-state index in [1.165, 1.54) is 6.33 Å². The van der Waals surface area contributed by atoms with Crippen LogP contribution in [0.1, 0.15) is 6.42 Å². The first kappa shape index (κ1) is 10.1. The monoisotopic (exact) mass is 201 g/mol. The van der Waals surface area contributed by atoms with Gasteiger partial charge in [-0.15, -0.1) is 11.6 Å². The molecule has 0 unspecified atom stereocenters. The lowest BCUT2D eigenvalue weighted by Crippen LogP contribution is -2.04. The smallest absolute Gasteiger partial charge is 0.218 e. The van der Waals surface area contributed by atoms with Crippen molar-refractivity contribution in [3.05, 3.63) is 12.4 Å². The van der Waals surface area contributed by atoms with Crippen LogP contribution in [-0.4, -0.2) is 29.5 Å². The number of anilines is 1. The van der Waals surface area contributed by atoms with Crippen LogP contribution in [0.25, 0.3) is 0 Å². The molecular formula is C8H12ClN3O. The lowest BCUT2D eigenvalue weighted by atomic mass is 10.4. The van der Waals surface area contributed by atoms with Gasteiger partial charge in [-0.25, -0.2) is 9.97 Å². The van der Waals surface area contributed by atoms with Crippen LogP contribution >= 0.6 is 11.6 Å². The Labute approximate surface area is 82.3 Å². The van der Waals surface area contributed by atoms with Gasteiger partial charge in [-0.05, 0) is 6.42 Å². The van der Waals surface area contributed by atoms with Crippen LogP contribution in [-0.2, 0) is 0 Å². The molecule has 1 N–H and O–H groups in total. The van der Waals surface area contributed by atoms with Crippen LogP contribution in [0.5, 0.6) is 5.88 Å². The average molecular weight is 202 g/mol. The van der Waals surface area contributed by atoms with Gasteiger partial charge in [0.1, 0.15) is 12.1 Å². The molecule has 4 nitrogen and oxygen atoms in total. The Bertz CT molecular complexity index is 257. The van der Waals surface area contributed by atoms with Crippen molar-refractivity contribution in [2.24, 2.45) is 0 Å². The molecule has 0 saturated carbocycles. The number of hydrogen-bond acceptors (Lipinski definition) is 4. The third-order valence-corrected chi connectivity index (χ3v) is 1.73. The van der Waals surface area contributed by atoms with Crippen molar-refractivity contribution >= 4 is 17.4 Å². The number of aromatic nitrogens is 2. The Balaban J connectivity index is 2.46. The van der Waals surface area contributed by atoms with Crippen molar-refractivity contribution in [2.75, 3.05) is 24.9 Å². The normalized spacial score (nSPS) is 9.69. The number of hydrogen-bond donors (Lipinski definition) is 1. The van der Waals surface area contributed by atoms with E-state index in [1.54, 1.807) is 13.2 Å². The molecule has 0 bridgehead atoms. The van der Waals surface area contributed by atoms with Gasteiger partial charge < -0.3 is 10.1 Å². The lowest BCUT2D eigenvalue weighted by molar-refractivity contribution is 0.397. The van der Waals surface area contributed by atoms with Crippen LogP contribution in [0.3, 0.4) is 0 Å². The summed E-state index contributed by atoms with van der Waals surface area (Å²) in [7, 11) is 1.57. The molecule has 72 valence electrons. The fraction of sp³-hybridized carbons (Fsp3) is 0.500. The van der Waals surface area contributed by atoms with E-state index in [-0.39, 0.29) is 0 Å². The predicted molar refractivity (Wildman–Crippen MR) is 52.4 cm³/mol. The van der Waals surface area contributed by atoms with Crippen LogP contribution in [0.2, 0.25) is 0 Å². The van der Waals surface area contributed by atoms with E-state index in [0.29, 0.717) is 11.8 Å². The minimum atomic E-state index is 0.559. The molecule has 1 aromatic heterocycles. The first-order valence-corrected chi connectivity index (χ1v) is 4.56. The van der Waals surface area contributed by atoms with Gasteiger partial charge in [0, 0.05) is 18.5 Å². The molecule has 0 radical (unpaired) electrons. The molecule has 0 aliphatic rings. The van der Waals surface area contributed by atoms with Crippen molar-refractivity contribution in [2.45, 2.75) is 6.42 Å². The second-order valence-electron chi connectivity index (χ2n) is 2.41. The summed E-state index contributed by atoms with van der Waals surface area (Å²) in [4.78, 5) is 7.90. The van der Waals surface area contributed by atoms with E-state index in [2.05, 4.69) is 15.3 Å². The third kappa shape index (κ3) is 3.46. The van der Waals surface area contributed by atoms with Crippen molar-refractivity contribution in [1.82, 2.24) is 9.97 Å². The number of alkyl halides is 1. The zero-order chi connectivity index (χ0) is 9.52. The van der Waals surface area contributed by atoms with Gasteiger partial charge in [-0.3, -0.25) is 0 Å². The largest absolute Gasteiger partial charge is 0.481 e. The number of ether oxygens (including phenoxy) is 1. The highest BCUT2D eigenvalue weighted by Crippen LogP contribution is 2.09. The molecule has 0 spiro atoms. The number of rotatable bonds is 5. The van der Waals surface area contributed by atoms with Gasteiger partial charge >= 0.3 is 0 Å². The first-order valence-electron chi connectivity index (χ1n) is 4.02. The minimum absolute atomic E-state index is 0.559.